The number of aliphatic hydroxyl groups is 1. The molecule has 0 aliphatic heterocycles. The molecule has 0 bridgehead atoms. The van der Waals surface area contributed by atoms with Gasteiger partial charge >= 0.3 is 0 Å². The van der Waals surface area contributed by atoms with E-state index in [1.807, 2.05) is 0 Å². The Morgan fingerprint density at radius 1 is 1.17 bits per heavy atom. The molecule has 0 atom stereocenters. The summed E-state index contributed by atoms with van der Waals surface area (Å²) in [5.74, 6) is 0. The summed E-state index contributed by atoms with van der Waals surface area (Å²) in [5, 5.41) is 8.52. The summed E-state index contributed by atoms with van der Waals surface area (Å²) in [5.41, 5.74) is -0.500. The van der Waals surface area contributed by atoms with Gasteiger partial charge in [0, 0.05) is 16.8 Å². The Bertz CT molecular complexity index is 23.0. The van der Waals surface area contributed by atoms with Gasteiger partial charge in [0.05, 0.1) is 5.60 Å². The second-order valence-corrected chi connectivity index (χ2v) is 2.17. The summed E-state index contributed by atoms with van der Waals surface area (Å²) in [6.45, 7) is 5.23. The molecular weight excluding hydrogens is 123 g/mol. The zero-order valence-corrected chi connectivity index (χ0v) is 5.32. The fourth-order valence-corrected chi connectivity index (χ4v) is 0. The maximum atomic E-state index is 8.52. The van der Waals surface area contributed by atoms with Crippen molar-refractivity contribution in [1.29, 1.82) is 0 Å². The van der Waals surface area contributed by atoms with E-state index in [-0.39, 0.29) is 16.8 Å². The van der Waals surface area contributed by atoms with Gasteiger partial charge in [-0.25, -0.2) is 0 Å². The van der Waals surface area contributed by atoms with Crippen LogP contribution in [0.2, 0.25) is 0 Å². The van der Waals surface area contributed by atoms with E-state index in [1.165, 1.54) is 0 Å². The fourth-order valence-electron chi connectivity index (χ4n) is 0. The summed E-state index contributed by atoms with van der Waals surface area (Å²) in [6.07, 6.45) is 0. The van der Waals surface area contributed by atoms with Crippen molar-refractivity contribution in [2.45, 2.75) is 26.4 Å². The number of hydrogen-bond donors (Lipinski definition) is 1. The standard InChI is InChI=1S/C4H10O.Co/c1-4(2,3)5;/h5H,1-3H3;. The quantitative estimate of drug-likeness (QED) is 0.517. The maximum Gasteiger partial charge on any atom is 0.0563 e. The van der Waals surface area contributed by atoms with Gasteiger partial charge in [-0.2, -0.15) is 0 Å². The largest absolute Gasteiger partial charge is 0.391 e. The number of hydrogen-bond acceptors (Lipinski definition) is 1. The van der Waals surface area contributed by atoms with Crippen molar-refractivity contribution >= 4 is 0 Å². The minimum Gasteiger partial charge on any atom is -0.391 e. The maximum absolute atomic E-state index is 8.52. The molecule has 0 saturated heterocycles. The summed E-state index contributed by atoms with van der Waals surface area (Å²) < 4.78 is 0. The molecule has 0 amide bonds. The molecule has 6 heavy (non-hydrogen) atoms. The van der Waals surface area contributed by atoms with Crippen LogP contribution in [0.15, 0.2) is 0 Å². The minimum absolute atomic E-state index is 0. The van der Waals surface area contributed by atoms with Gasteiger partial charge in [0.1, 0.15) is 0 Å². The van der Waals surface area contributed by atoms with E-state index in [1.54, 1.807) is 20.8 Å². The van der Waals surface area contributed by atoms with E-state index >= 15 is 0 Å². The predicted octanol–water partition coefficient (Wildman–Crippen LogP) is 0.775. The molecule has 1 N–H and O–H groups in total. The van der Waals surface area contributed by atoms with Crippen LogP contribution in [-0.2, 0) is 16.8 Å². The summed E-state index contributed by atoms with van der Waals surface area (Å²) in [4.78, 5) is 0. The first-order valence-corrected chi connectivity index (χ1v) is 1.72. The van der Waals surface area contributed by atoms with Crippen LogP contribution in [0.25, 0.3) is 0 Å². The van der Waals surface area contributed by atoms with Gasteiger partial charge in [-0.1, -0.05) is 0 Å². The smallest absolute Gasteiger partial charge is 0.0563 e. The molecule has 41 valence electrons. The summed E-state index contributed by atoms with van der Waals surface area (Å²) in [6, 6.07) is 0. The molecule has 0 unspecified atom stereocenters. The van der Waals surface area contributed by atoms with Crippen LogP contribution in [0.5, 0.6) is 0 Å². The molecule has 0 aromatic carbocycles. The first-order chi connectivity index (χ1) is 2.00. The van der Waals surface area contributed by atoms with Gasteiger partial charge in [-0.15, -0.1) is 0 Å². The molecule has 0 fully saturated rings. The van der Waals surface area contributed by atoms with E-state index in [2.05, 4.69) is 0 Å². The van der Waals surface area contributed by atoms with Gasteiger partial charge in [0.25, 0.3) is 0 Å². The number of rotatable bonds is 0. The van der Waals surface area contributed by atoms with Crippen LogP contribution < -0.4 is 0 Å². The van der Waals surface area contributed by atoms with Crippen LogP contribution in [0.4, 0.5) is 0 Å². The van der Waals surface area contributed by atoms with Crippen LogP contribution in [0, 0.1) is 0 Å². The Morgan fingerprint density at radius 2 is 1.17 bits per heavy atom. The first-order valence-electron chi connectivity index (χ1n) is 1.72. The summed E-state index contributed by atoms with van der Waals surface area (Å²) >= 11 is 0. The van der Waals surface area contributed by atoms with Gasteiger partial charge in [0.15, 0.2) is 0 Å². The molecule has 0 saturated carbocycles. The van der Waals surface area contributed by atoms with Crippen molar-refractivity contribution in [3.05, 3.63) is 0 Å². The van der Waals surface area contributed by atoms with Crippen LogP contribution in [-0.4, -0.2) is 10.7 Å². The van der Waals surface area contributed by atoms with E-state index in [0.29, 0.717) is 0 Å². The summed E-state index contributed by atoms with van der Waals surface area (Å²) in [7, 11) is 0. The van der Waals surface area contributed by atoms with Gasteiger partial charge in [-0.3, -0.25) is 0 Å². The van der Waals surface area contributed by atoms with E-state index in [4.69, 9.17) is 5.11 Å². The Kier molecular flexibility index (Phi) is 4.21. The Morgan fingerprint density at radius 3 is 1.17 bits per heavy atom. The third-order valence-electron chi connectivity index (χ3n) is 0. The average molecular weight is 133 g/mol. The zero-order valence-electron chi connectivity index (χ0n) is 4.28. The fraction of sp³-hybridized carbons (Fsp3) is 1.00. The second kappa shape index (κ2) is 2.61. The SMILES string of the molecule is CC(C)(C)O.[Co]. The van der Waals surface area contributed by atoms with Crippen molar-refractivity contribution in [1.82, 2.24) is 0 Å². The Hall–Kier alpha value is 0.466. The van der Waals surface area contributed by atoms with Gasteiger partial charge < -0.3 is 5.11 Å². The molecule has 0 aliphatic rings. The van der Waals surface area contributed by atoms with Crippen molar-refractivity contribution in [2.75, 3.05) is 0 Å². The predicted molar refractivity (Wildman–Crippen MR) is 22.0 cm³/mol. The van der Waals surface area contributed by atoms with Crippen molar-refractivity contribution in [3.63, 3.8) is 0 Å². The molecule has 0 rings (SSSR count). The molecule has 0 spiro atoms. The van der Waals surface area contributed by atoms with E-state index in [0.717, 1.165) is 0 Å². The topological polar surface area (TPSA) is 20.2 Å². The molecule has 0 heterocycles. The molecule has 2 heteroatoms. The molecule has 1 nitrogen and oxygen atoms in total. The van der Waals surface area contributed by atoms with E-state index in [9.17, 15) is 0 Å². The van der Waals surface area contributed by atoms with Crippen molar-refractivity contribution < 1.29 is 21.9 Å². The molecule has 0 aromatic rings. The van der Waals surface area contributed by atoms with Crippen LogP contribution in [0.3, 0.4) is 0 Å². The average Bonchev–Trinajstić information content (AvgIpc) is 0.722. The van der Waals surface area contributed by atoms with Crippen LogP contribution in [0.1, 0.15) is 20.8 Å². The van der Waals surface area contributed by atoms with Crippen molar-refractivity contribution in [3.8, 4) is 0 Å². The molecular formula is C4H10CoO. The normalized spacial score (nSPS) is 10.0. The van der Waals surface area contributed by atoms with Crippen LogP contribution >= 0.6 is 0 Å². The monoisotopic (exact) mass is 133 g/mol. The van der Waals surface area contributed by atoms with Gasteiger partial charge in [-0.05, 0) is 20.8 Å². The molecule has 1 radical (unpaired) electrons. The molecule has 0 aromatic heterocycles. The second-order valence-electron chi connectivity index (χ2n) is 2.17. The van der Waals surface area contributed by atoms with E-state index < -0.39 is 5.60 Å². The van der Waals surface area contributed by atoms with Gasteiger partial charge in [0.2, 0.25) is 0 Å². The van der Waals surface area contributed by atoms with Crippen molar-refractivity contribution in [2.24, 2.45) is 0 Å². The third kappa shape index (κ3) is 247. The Balaban J connectivity index is 0. The zero-order chi connectivity index (χ0) is 4.50. The third-order valence-corrected chi connectivity index (χ3v) is 0. The Labute approximate surface area is 48.9 Å². The minimum atomic E-state index is -0.500. The molecule has 0 aliphatic carbocycles. The first kappa shape index (κ1) is 9.69.